The largest absolute Gasteiger partial charge is 0.348 e. The Kier molecular flexibility index (Phi) is 2.73. The average Bonchev–Trinajstić information content (AvgIpc) is 2.96. The summed E-state index contributed by atoms with van der Waals surface area (Å²) in [6.07, 6.45) is 4.18. The number of piperidine rings is 3. The van der Waals surface area contributed by atoms with E-state index in [0.717, 1.165) is 23.0 Å². The van der Waals surface area contributed by atoms with Gasteiger partial charge in [0.2, 0.25) is 0 Å². The van der Waals surface area contributed by atoms with E-state index in [0.29, 0.717) is 12.0 Å². The third-order valence-corrected chi connectivity index (χ3v) is 4.68. The highest BCUT2D eigenvalue weighted by Gasteiger charge is 2.34. The molecule has 3 aliphatic heterocycles. The summed E-state index contributed by atoms with van der Waals surface area (Å²) in [6, 6.07) is 5.98. The van der Waals surface area contributed by atoms with Crippen LogP contribution in [-0.4, -0.2) is 46.7 Å². The number of fused-ring (bicyclic) bond motifs is 4. The van der Waals surface area contributed by atoms with E-state index < -0.39 is 0 Å². The van der Waals surface area contributed by atoms with E-state index in [2.05, 4.69) is 20.4 Å². The minimum Gasteiger partial charge on any atom is -0.348 e. The molecule has 0 unspecified atom stereocenters. The maximum Gasteiger partial charge on any atom is 0.251 e. The van der Waals surface area contributed by atoms with Crippen LogP contribution in [0.3, 0.4) is 0 Å². The number of carbonyl (C=O) groups is 1. The van der Waals surface area contributed by atoms with Crippen molar-refractivity contribution in [1.82, 2.24) is 20.4 Å². The zero-order valence-electron chi connectivity index (χ0n) is 11.3. The first kappa shape index (κ1) is 11.9. The Labute approximate surface area is 117 Å². The molecule has 104 valence electrons. The van der Waals surface area contributed by atoms with Crippen LogP contribution < -0.4 is 5.32 Å². The molecule has 1 aromatic heterocycles. The smallest absolute Gasteiger partial charge is 0.251 e. The molecular formula is C15H18N4O. The highest BCUT2D eigenvalue weighted by atomic mass is 16.1. The van der Waals surface area contributed by atoms with E-state index in [9.17, 15) is 4.79 Å². The number of rotatable bonds is 2. The molecule has 0 saturated carbocycles. The molecule has 3 aliphatic rings. The number of aromatic amines is 1. The summed E-state index contributed by atoms with van der Waals surface area (Å²) in [5.41, 5.74) is 1.68. The standard InChI is InChI=1S/C15H18N4O/c20-15(11-1-2-13-12(7-11)8-16-18-13)17-14-9-19-5-3-10(14)4-6-19/h1-2,7-8,10,14H,3-6,9H2,(H,16,18)(H,17,20)/t14-/m0/s1. The molecule has 4 heterocycles. The molecule has 0 aliphatic carbocycles. The summed E-state index contributed by atoms with van der Waals surface area (Å²) in [7, 11) is 0. The maximum atomic E-state index is 12.4. The summed E-state index contributed by atoms with van der Waals surface area (Å²) in [6.45, 7) is 3.39. The number of amides is 1. The Morgan fingerprint density at radius 2 is 2.20 bits per heavy atom. The van der Waals surface area contributed by atoms with Crippen LogP contribution in [0.5, 0.6) is 0 Å². The first-order valence-electron chi connectivity index (χ1n) is 7.26. The minimum absolute atomic E-state index is 0.0341. The highest BCUT2D eigenvalue weighted by molar-refractivity contribution is 5.98. The lowest BCUT2D eigenvalue weighted by Gasteiger charge is -2.44. The summed E-state index contributed by atoms with van der Waals surface area (Å²) in [4.78, 5) is 14.8. The summed E-state index contributed by atoms with van der Waals surface area (Å²) < 4.78 is 0. The fraction of sp³-hybridized carbons (Fsp3) is 0.467. The molecular weight excluding hydrogens is 252 g/mol. The van der Waals surface area contributed by atoms with Crippen LogP contribution in [0.25, 0.3) is 10.9 Å². The number of nitrogens with one attached hydrogen (secondary N) is 2. The number of nitrogens with zero attached hydrogens (tertiary/aromatic N) is 2. The number of aromatic nitrogens is 2. The third kappa shape index (κ3) is 1.98. The molecule has 0 radical (unpaired) electrons. The fourth-order valence-electron chi connectivity index (χ4n) is 3.46. The average molecular weight is 270 g/mol. The normalized spacial score (nSPS) is 28.7. The van der Waals surface area contributed by atoms with E-state index in [-0.39, 0.29) is 5.91 Å². The van der Waals surface area contributed by atoms with E-state index in [4.69, 9.17) is 0 Å². The molecule has 5 heteroatoms. The lowest BCUT2D eigenvalue weighted by atomic mass is 9.84. The Hall–Kier alpha value is -1.88. The zero-order valence-corrected chi connectivity index (χ0v) is 11.3. The Morgan fingerprint density at radius 1 is 1.35 bits per heavy atom. The van der Waals surface area contributed by atoms with Gasteiger partial charge in [-0.15, -0.1) is 0 Å². The molecule has 5 rings (SSSR count). The number of hydrogen-bond acceptors (Lipinski definition) is 3. The zero-order chi connectivity index (χ0) is 13.5. The van der Waals surface area contributed by atoms with Crippen LogP contribution in [0.15, 0.2) is 24.4 Å². The van der Waals surface area contributed by atoms with Crippen molar-refractivity contribution in [2.45, 2.75) is 18.9 Å². The number of H-pyrrole nitrogens is 1. The molecule has 20 heavy (non-hydrogen) atoms. The molecule has 5 nitrogen and oxygen atoms in total. The van der Waals surface area contributed by atoms with E-state index in [1.807, 2.05) is 18.2 Å². The number of benzene rings is 1. The molecule has 1 amide bonds. The Bertz CT molecular complexity index is 642. The summed E-state index contributed by atoms with van der Waals surface area (Å²) >= 11 is 0. The second kappa shape index (κ2) is 4.59. The van der Waals surface area contributed by atoms with Crippen molar-refractivity contribution < 1.29 is 4.79 Å². The fourth-order valence-corrected chi connectivity index (χ4v) is 3.46. The predicted molar refractivity (Wildman–Crippen MR) is 76.5 cm³/mol. The van der Waals surface area contributed by atoms with Gasteiger partial charge in [-0.3, -0.25) is 9.89 Å². The number of carbonyl (C=O) groups excluding carboxylic acids is 1. The maximum absolute atomic E-state index is 12.4. The van der Waals surface area contributed by atoms with Crippen LogP contribution in [0.2, 0.25) is 0 Å². The minimum atomic E-state index is 0.0341. The van der Waals surface area contributed by atoms with Crippen molar-refractivity contribution in [2.75, 3.05) is 19.6 Å². The first-order valence-corrected chi connectivity index (χ1v) is 7.26. The van der Waals surface area contributed by atoms with Crippen LogP contribution in [0.4, 0.5) is 0 Å². The second-order valence-electron chi connectivity index (χ2n) is 5.89. The van der Waals surface area contributed by atoms with Gasteiger partial charge < -0.3 is 10.2 Å². The van der Waals surface area contributed by atoms with Gasteiger partial charge in [0.15, 0.2) is 0 Å². The van der Waals surface area contributed by atoms with Gasteiger partial charge in [-0.2, -0.15) is 5.10 Å². The van der Waals surface area contributed by atoms with E-state index in [1.54, 1.807) is 6.20 Å². The van der Waals surface area contributed by atoms with Gasteiger partial charge in [-0.05, 0) is 50.0 Å². The molecule has 2 N–H and O–H groups in total. The lowest BCUT2D eigenvalue weighted by molar-refractivity contribution is 0.0620. The van der Waals surface area contributed by atoms with Gasteiger partial charge in [0, 0.05) is 23.5 Å². The van der Waals surface area contributed by atoms with Gasteiger partial charge >= 0.3 is 0 Å². The molecule has 3 fully saturated rings. The van der Waals surface area contributed by atoms with Crippen molar-refractivity contribution in [3.63, 3.8) is 0 Å². The van der Waals surface area contributed by atoms with Crippen LogP contribution in [-0.2, 0) is 0 Å². The van der Waals surface area contributed by atoms with Gasteiger partial charge in [-0.25, -0.2) is 0 Å². The first-order chi connectivity index (χ1) is 9.79. The topological polar surface area (TPSA) is 61.0 Å². The van der Waals surface area contributed by atoms with Crippen molar-refractivity contribution in [3.05, 3.63) is 30.0 Å². The van der Waals surface area contributed by atoms with Crippen LogP contribution >= 0.6 is 0 Å². The number of hydrogen-bond donors (Lipinski definition) is 2. The van der Waals surface area contributed by atoms with Gasteiger partial charge in [0.25, 0.3) is 5.91 Å². The molecule has 0 spiro atoms. The Balaban J connectivity index is 1.52. The third-order valence-electron chi connectivity index (χ3n) is 4.68. The summed E-state index contributed by atoms with van der Waals surface area (Å²) in [5.74, 6) is 0.688. The van der Waals surface area contributed by atoms with Crippen molar-refractivity contribution in [2.24, 2.45) is 5.92 Å². The molecule has 1 aromatic carbocycles. The molecule has 2 aromatic rings. The Morgan fingerprint density at radius 3 is 2.95 bits per heavy atom. The van der Waals surface area contributed by atoms with E-state index >= 15 is 0 Å². The highest BCUT2D eigenvalue weighted by Crippen LogP contribution is 2.27. The SMILES string of the molecule is O=C(N[C@H]1CN2CCC1CC2)c1ccc2[nH]ncc2c1. The molecule has 1 atom stereocenters. The summed E-state index contributed by atoms with van der Waals surface area (Å²) in [5, 5.41) is 11.1. The van der Waals surface area contributed by atoms with Crippen molar-refractivity contribution in [1.29, 1.82) is 0 Å². The van der Waals surface area contributed by atoms with Gasteiger partial charge in [0.05, 0.1) is 11.7 Å². The second-order valence-corrected chi connectivity index (χ2v) is 5.89. The van der Waals surface area contributed by atoms with Crippen LogP contribution in [0.1, 0.15) is 23.2 Å². The van der Waals surface area contributed by atoms with Gasteiger partial charge in [0.1, 0.15) is 0 Å². The lowest BCUT2D eigenvalue weighted by Crippen LogP contribution is -2.57. The predicted octanol–water partition coefficient (Wildman–Crippen LogP) is 1.39. The van der Waals surface area contributed by atoms with Crippen molar-refractivity contribution >= 4 is 16.8 Å². The quantitative estimate of drug-likeness (QED) is 0.867. The van der Waals surface area contributed by atoms with Crippen molar-refractivity contribution in [3.8, 4) is 0 Å². The molecule has 2 bridgehead atoms. The molecule has 3 saturated heterocycles. The van der Waals surface area contributed by atoms with E-state index in [1.165, 1.54) is 25.9 Å². The van der Waals surface area contributed by atoms with Crippen LogP contribution in [0, 0.1) is 5.92 Å². The van der Waals surface area contributed by atoms with Gasteiger partial charge in [-0.1, -0.05) is 0 Å². The monoisotopic (exact) mass is 270 g/mol.